The Balaban J connectivity index is 2.11. The van der Waals surface area contributed by atoms with Crippen molar-refractivity contribution < 1.29 is 9.13 Å². The summed E-state index contributed by atoms with van der Waals surface area (Å²) in [4.78, 5) is 4.13. The van der Waals surface area contributed by atoms with Crippen molar-refractivity contribution in [2.75, 3.05) is 0 Å². The Morgan fingerprint density at radius 3 is 2.94 bits per heavy atom. The van der Waals surface area contributed by atoms with Crippen LogP contribution in [0.25, 0.3) is 0 Å². The molecule has 0 fully saturated rings. The fourth-order valence-electron chi connectivity index (χ4n) is 1.42. The van der Waals surface area contributed by atoms with Crippen molar-refractivity contribution in [1.29, 1.82) is 0 Å². The fourth-order valence-corrected chi connectivity index (χ4v) is 1.42. The lowest BCUT2D eigenvalue weighted by Crippen LogP contribution is -2.04. The maximum Gasteiger partial charge on any atom is 0.146 e. The molecule has 0 aliphatic rings. The zero-order valence-electron chi connectivity index (χ0n) is 9.27. The molecule has 0 radical (unpaired) electrons. The minimum absolute atomic E-state index is 0.252. The average molecular weight is 220 g/mol. The lowest BCUT2D eigenvalue weighted by atomic mass is 10.2. The maximum atomic E-state index is 13.2. The summed E-state index contributed by atoms with van der Waals surface area (Å²) in [5, 5.41) is 0. The van der Waals surface area contributed by atoms with E-state index in [9.17, 15) is 4.39 Å². The molecule has 0 spiro atoms. The Hall–Kier alpha value is -1.84. The van der Waals surface area contributed by atoms with Crippen LogP contribution in [0.1, 0.15) is 11.4 Å². The predicted octanol–water partition coefficient (Wildman–Crippen LogP) is 2.45. The van der Waals surface area contributed by atoms with Gasteiger partial charge in [0.1, 0.15) is 24.0 Å². The van der Waals surface area contributed by atoms with Gasteiger partial charge in [-0.3, -0.25) is 0 Å². The molecular weight excluding hydrogens is 207 g/mol. The molecular formula is C12H13FN2O. The van der Waals surface area contributed by atoms with E-state index in [1.54, 1.807) is 25.3 Å². The topological polar surface area (TPSA) is 27.1 Å². The van der Waals surface area contributed by atoms with Crippen LogP contribution in [-0.2, 0) is 13.7 Å². The van der Waals surface area contributed by atoms with E-state index in [0.717, 1.165) is 5.82 Å². The highest BCUT2D eigenvalue weighted by atomic mass is 19.1. The van der Waals surface area contributed by atoms with E-state index in [4.69, 9.17) is 4.74 Å². The number of benzene rings is 1. The number of aryl methyl sites for hydroxylation is 1. The second kappa shape index (κ2) is 4.35. The number of hydrogen-bond acceptors (Lipinski definition) is 2. The van der Waals surface area contributed by atoms with Crippen LogP contribution >= 0.6 is 0 Å². The Kier molecular flexibility index (Phi) is 2.90. The van der Waals surface area contributed by atoms with Crippen LogP contribution in [0.2, 0.25) is 0 Å². The highest BCUT2D eigenvalue weighted by Crippen LogP contribution is 2.20. The molecule has 1 heterocycles. The molecule has 0 aliphatic heterocycles. The van der Waals surface area contributed by atoms with Crippen molar-refractivity contribution in [3.63, 3.8) is 0 Å². The molecule has 0 saturated heterocycles. The van der Waals surface area contributed by atoms with Crippen molar-refractivity contribution in [1.82, 2.24) is 9.55 Å². The Labute approximate surface area is 93.5 Å². The van der Waals surface area contributed by atoms with Crippen molar-refractivity contribution in [2.24, 2.45) is 7.05 Å². The zero-order valence-corrected chi connectivity index (χ0v) is 9.27. The number of ether oxygens (including phenoxy) is 1. The van der Waals surface area contributed by atoms with Crippen molar-refractivity contribution in [3.05, 3.63) is 47.8 Å². The summed E-state index contributed by atoms with van der Waals surface area (Å²) in [5.74, 6) is 1.11. The molecule has 2 rings (SSSR count). The van der Waals surface area contributed by atoms with Gasteiger partial charge < -0.3 is 9.30 Å². The monoisotopic (exact) mass is 220 g/mol. The summed E-state index contributed by atoms with van der Waals surface area (Å²) >= 11 is 0. The second-order valence-corrected chi connectivity index (χ2v) is 3.61. The molecule has 0 unspecified atom stereocenters. The van der Waals surface area contributed by atoms with Gasteiger partial charge in [-0.25, -0.2) is 9.37 Å². The van der Waals surface area contributed by atoms with Gasteiger partial charge in [-0.05, 0) is 19.1 Å². The molecule has 0 bridgehead atoms. The molecule has 16 heavy (non-hydrogen) atoms. The highest BCUT2D eigenvalue weighted by molar-refractivity contribution is 5.33. The van der Waals surface area contributed by atoms with Gasteiger partial charge in [0.15, 0.2) is 0 Å². The lowest BCUT2D eigenvalue weighted by Gasteiger charge is -2.09. The van der Waals surface area contributed by atoms with Gasteiger partial charge in [0.2, 0.25) is 0 Å². The summed E-state index contributed by atoms with van der Waals surface area (Å²) in [6.07, 6.45) is 3.55. The lowest BCUT2D eigenvalue weighted by molar-refractivity contribution is 0.288. The number of rotatable bonds is 3. The molecule has 0 atom stereocenters. The Morgan fingerprint density at radius 2 is 2.25 bits per heavy atom. The van der Waals surface area contributed by atoms with Crippen LogP contribution in [0.3, 0.4) is 0 Å². The number of hydrogen-bond donors (Lipinski definition) is 0. The van der Waals surface area contributed by atoms with Gasteiger partial charge >= 0.3 is 0 Å². The SMILES string of the molecule is Cc1c(F)cccc1OCc1nccn1C. The van der Waals surface area contributed by atoms with Gasteiger partial charge in [-0.2, -0.15) is 0 Å². The molecule has 0 amide bonds. The van der Waals surface area contributed by atoms with E-state index in [0.29, 0.717) is 17.9 Å². The quantitative estimate of drug-likeness (QED) is 0.794. The summed E-state index contributed by atoms with van der Waals surface area (Å²) in [7, 11) is 1.89. The smallest absolute Gasteiger partial charge is 0.146 e. The minimum atomic E-state index is -0.252. The van der Waals surface area contributed by atoms with Crippen molar-refractivity contribution in [3.8, 4) is 5.75 Å². The predicted molar refractivity (Wildman–Crippen MR) is 58.7 cm³/mol. The van der Waals surface area contributed by atoms with Crippen LogP contribution in [0.4, 0.5) is 4.39 Å². The van der Waals surface area contributed by atoms with Gasteiger partial charge in [0, 0.05) is 25.0 Å². The van der Waals surface area contributed by atoms with Crippen molar-refractivity contribution in [2.45, 2.75) is 13.5 Å². The summed E-state index contributed by atoms with van der Waals surface area (Å²) < 4.78 is 20.6. The van der Waals surface area contributed by atoms with Crippen LogP contribution in [-0.4, -0.2) is 9.55 Å². The number of nitrogens with zero attached hydrogens (tertiary/aromatic N) is 2. The molecule has 0 saturated carbocycles. The third-order valence-electron chi connectivity index (χ3n) is 2.50. The zero-order chi connectivity index (χ0) is 11.5. The van der Waals surface area contributed by atoms with E-state index in [2.05, 4.69) is 4.98 Å². The first kappa shape index (κ1) is 10.7. The van der Waals surface area contributed by atoms with Crippen LogP contribution in [0.15, 0.2) is 30.6 Å². The molecule has 2 aromatic rings. The standard InChI is InChI=1S/C12H13FN2O/c1-9-10(13)4-3-5-11(9)16-8-12-14-6-7-15(12)2/h3-7H,8H2,1-2H3. The third-order valence-corrected chi connectivity index (χ3v) is 2.50. The third kappa shape index (κ3) is 2.05. The number of aromatic nitrogens is 2. The Morgan fingerprint density at radius 1 is 1.44 bits per heavy atom. The van der Waals surface area contributed by atoms with E-state index in [1.165, 1.54) is 6.07 Å². The van der Waals surface area contributed by atoms with Gasteiger partial charge in [-0.15, -0.1) is 0 Å². The molecule has 84 valence electrons. The van der Waals surface area contributed by atoms with Crippen LogP contribution in [0, 0.1) is 12.7 Å². The first-order valence-corrected chi connectivity index (χ1v) is 5.02. The molecule has 1 aromatic heterocycles. The largest absolute Gasteiger partial charge is 0.485 e. The average Bonchev–Trinajstić information content (AvgIpc) is 2.67. The van der Waals surface area contributed by atoms with Crippen LogP contribution in [0.5, 0.6) is 5.75 Å². The van der Waals surface area contributed by atoms with Crippen molar-refractivity contribution >= 4 is 0 Å². The minimum Gasteiger partial charge on any atom is -0.485 e. The van der Waals surface area contributed by atoms with Gasteiger partial charge in [0.25, 0.3) is 0 Å². The first-order chi connectivity index (χ1) is 7.68. The molecule has 0 N–H and O–H groups in total. The Bertz CT molecular complexity index is 494. The summed E-state index contributed by atoms with van der Waals surface area (Å²) in [6, 6.07) is 4.81. The molecule has 3 nitrogen and oxygen atoms in total. The molecule has 0 aliphatic carbocycles. The molecule has 1 aromatic carbocycles. The first-order valence-electron chi connectivity index (χ1n) is 5.02. The highest BCUT2D eigenvalue weighted by Gasteiger charge is 2.06. The second-order valence-electron chi connectivity index (χ2n) is 3.61. The summed E-state index contributed by atoms with van der Waals surface area (Å²) in [5.41, 5.74) is 0.525. The van der Waals surface area contributed by atoms with Crippen LogP contribution < -0.4 is 4.74 Å². The van der Waals surface area contributed by atoms with E-state index < -0.39 is 0 Å². The van der Waals surface area contributed by atoms with Gasteiger partial charge in [-0.1, -0.05) is 6.07 Å². The van der Waals surface area contributed by atoms with Gasteiger partial charge in [0.05, 0.1) is 0 Å². The maximum absolute atomic E-state index is 13.2. The number of imidazole rings is 1. The van der Waals surface area contributed by atoms with E-state index >= 15 is 0 Å². The number of halogens is 1. The normalized spacial score (nSPS) is 10.4. The summed E-state index contributed by atoms with van der Waals surface area (Å²) in [6.45, 7) is 2.04. The fraction of sp³-hybridized carbons (Fsp3) is 0.250. The van der Waals surface area contributed by atoms with E-state index in [1.807, 2.05) is 17.8 Å². The van der Waals surface area contributed by atoms with E-state index in [-0.39, 0.29) is 5.82 Å². The molecule has 4 heteroatoms.